The molecule has 4 heteroatoms. The van der Waals surface area contributed by atoms with Crippen molar-refractivity contribution in [3.05, 3.63) is 58.9 Å². The van der Waals surface area contributed by atoms with E-state index in [0.29, 0.717) is 0 Å². The molecule has 0 aliphatic heterocycles. The van der Waals surface area contributed by atoms with E-state index in [1.165, 1.54) is 0 Å². The van der Waals surface area contributed by atoms with Crippen molar-refractivity contribution in [2.24, 2.45) is 0 Å². The molecule has 1 heterocycles. The molecular weight excluding hydrogens is 282 g/mol. The molecule has 0 bridgehead atoms. The predicted octanol–water partition coefficient (Wildman–Crippen LogP) is 4.04. The molecule has 0 aliphatic rings. The van der Waals surface area contributed by atoms with E-state index in [1.807, 2.05) is 37.5 Å². The van der Waals surface area contributed by atoms with Gasteiger partial charge in [-0.05, 0) is 37.2 Å². The zero-order valence-electron chi connectivity index (χ0n) is 12.8. The number of aromatic nitrogens is 1. The molecule has 2 aromatic rings. The Labute approximate surface area is 132 Å². The van der Waals surface area contributed by atoms with Crippen LogP contribution in [0.4, 0.5) is 5.69 Å². The van der Waals surface area contributed by atoms with Gasteiger partial charge >= 0.3 is 0 Å². The van der Waals surface area contributed by atoms with Crippen LogP contribution in [0, 0.1) is 0 Å². The van der Waals surface area contributed by atoms with Crippen LogP contribution in [0.1, 0.15) is 31.1 Å². The van der Waals surface area contributed by atoms with E-state index in [9.17, 15) is 0 Å². The van der Waals surface area contributed by atoms with E-state index >= 15 is 0 Å². The zero-order valence-corrected chi connectivity index (χ0v) is 13.6. The van der Waals surface area contributed by atoms with Crippen LogP contribution in [0.15, 0.2) is 42.6 Å². The zero-order chi connectivity index (χ0) is 15.2. The molecule has 2 rings (SSSR count). The third kappa shape index (κ3) is 4.19. The molecule has 1 unspecified atom stereocenters. The molecule has 0 saturated heterocycles. The van der Waals surface area contributed by atoms with Crippen LogP contribution >= 0.6 is 11.6 Å². The number of nitrogens with zero attached hydrogens (tertiary/aromatic N) is 2. The number of rotatable bonds is 6. The Balaban J connectivity index is 2.06. The van der Waals surface area contributed by atoms with Crippen molar-refractivity contribution >= 4 is 17.3 Å². The van der Waals surface area contributed by atoms with E-state index in [4.69, 9.17) is 11.6 Å². The Hall–Kier alpha value is -1.58. The van der Waals surface area contributed by atoms with Crippen molar-refractivity contribution in [3.8, 4) is 0 Å². The summed E-state index contributed by atoms with van der Waals surface area (Å²) in [7, 11) is 2.05. The molecule has 3 nitrogen and oxygen atoms in total. The third-order valence-corrected chi connectivity index (χ3v) is 3.90. The summed E-state index contributed by atoms with van der Waals surface area (Å²) in [5.74, 6) is 0. The highest BCUT2D eigenvalue weighted by atomic mass is 35.5. The van der Waals surface area contributed by atoms with Gasteiger partial charge in [-0.25, -0.2) is 0 Å². The minimum Gasteiger partial charge on any atom is -0.369 e. The molecule has 112 valence electrons. The van der Waals surface area contributed by atoms with Gasteiger partial charge in [0.1, 0.15) is 0 Å². The first kappa shape index (κ1) is 15.8. The molecule has 0 aliphatic carbocycles. The number of benzene rings is 1. The first-order valence-electron chi connectivity index (χ1n) is 7.25. The summed E-state index contributed by atoms with van der Waals surface area (Å²) in [5.41, 5.74) is 3.26. The lowest BCUT2D eigenvalue weighted by atomic mass is 10.2. The largest absolute Gasteiger partial charge is 0.369 e. The summed E-state index contributed by atoms with van der Waals surface area (Å²) in [6.45, 7) is 5.93. The van der Waals surface area contributed by atoms with Crippen LogP contribution < -0.4 is 10.2 Å². The van der Waals surface area contributed by atoms with Gasteiger partial charge in [-0.15, -0.1) is 0 Å². The maximum atomic E-state index is 6.21. The fraction of sp³-hybridized carbons (Fsp3) is 0.353. The average Bonchev–Trinajstić information content (AvgIpc) is 2.50. The van der Waals surface area contributed by atoms with Crippen molar-refractivity contribution in [3.63, 3.8) is 0 Å². The molecule has 0 radical (unpaired) electrons. The number of hydrogen-bond donors (Lipinski definition) is 1. The van der Waals surface area contributed by atoms with Crippen LogP contribution in [0.5, 0.6) is 0 Å². The molecule has 0 spiro atoms. The van der Waals surface area contributed by atoms with Gasteiger partial charge in [0, 0.05) is 24.7 Å². The van der Waals surface area contributed by atoms with Gasteiger partial charge in [0.25, 0.3) is 0 Å². The van der Waals surface area contributed by atoms with Crippen LogP contribution in [0.3, 0.4) is 0 Å². The molecule has 1 N–H and O–H groups in total. The summed E-state index contributed by atoms with van der Waals surface area (Å²) < 4.78 is 0. The second-order valence-corrected chi connectivity index (χ2v) is 5.58. The highest BCUT2D eigenvalue weighted by Crippen LogP contribution is 2.21. The molecule has 1 aromatic carbocycles. The molecule has 0 saturated carbocycles. The van der Waals surface area contributed by atoms with Crippen molar-refractivity contribution < 1.29 is 0 Å². The summed E-state index contributed by atoms with van der Waals surface area (Å²) in [4.78, 5) is 6.69. The Morgan fingerprint density at radius 2 is 2.00 bits per heavy atom. The normalized spacial score (nSPS) is 12.2. The standard InChI is InChI=1S/C17H22ClN3/c1-4-19-13(2)17-10-9-15(11-20-17)21(3)12-14-7-5-6-8-16(14)18/h5-11,13,19H,4,12H2,1-3H3. The van der Waals surface area contributed by atoms with Gasteiger partial charge in [0.15, 0.2) is 0 Å². The lowest BCUT2D eigenvalue weighted by molar-refractivity contribution is 0.583. The van der Waals surface area contributed by atoms with E-state index in [2.05, 4.69) is 41.2 Å². The molecular formula is C17H22ClN3. The Kier molecular flexibility index (Phi) is 5.59. The van der Waals surface area contributed by atoms with Crippen molar-refractivity contribution in [2.75, 3.05) is 18.5 Å². The maximum absolute atomic E-state index is 6.21. The van der Waals surface area contributed by atoms with Crippen molar-refractivity contribution in [1.82, 2.24) is 10.3 Å². The van der Waals surface area contributed by atoms with E-state index in [0.717, 1.165) is 35.1 Å². The number of hydrogen-bond acceptors (Lipinski definition) is 3. The molecule has 1 aromatic heterocycles. The van der Waals surface area contributed by atoms with Crippen LogP contribution in [0.25, 0.3) is 0 Å². The number of pyridine rings is 1. The Bertz CT molecular complexity index is 569. The van der Waals surface area contributed by atoms with E-state index in [-0.39, 0.29) is 6.04 Å². The van der Waals surface area contributed by atoms with Gasteiger partial charge in [-0.1, -0.05) is 36.7 Å². The Morgan fingerprint density at radius 1 is 1.24 bits per heavy atom. The minimum atomic E-state index is 0.276. The minimum absolute atomic E-state index is 0.276. The van der Waals surface area contributed by atoms with Gasteiger partial charge in [0.05, 0.1) is 17.6 Å². The molecule has 1 atom stereocenters. The fourth-order valence-electron chi connectivity index (χ4n) is 2.26. The molecule has 0 fully saturated rings. The first-order chi connectivity index (χ1) is 10.1. The van der Waals surface area contributed by atoms with Gasteiger partial charge in [-0.3, -0.25) is 4.98 Å². The third-order valence-electron chi connectivity index (χ3n) is 3.53. The molecule has 0 amide bonds. The lowest BCUT2D eigenvalue weighted by Gasteiger charge is -2.20. The van der Waals surface area contributed by atoms with Crippen LogP contribution in [-0.4, -0.2) is 18.6 Å². The molecule has 21 heavy (non-hydrogen) atoms. The van der Waals surface area contributed by atoms with Gasteiger partial charge in [0.2, 0.25) is 0 Å². The smallest absolute Gasteiger partial charge is 0.0572 e. The SMILES string of the molecule is CCNC(C)c1ccc(N(C)Cc2ccccc2Cl)cn1. The fourth-order valence-corrected chi connectivity index (χ4v) is 2.46. The summed E-state index contributed by atoms with van der Waals surface area (Å²) in [5, 5.41) is 4.16. The van der Waals surface area contributed by atoms with Crippen molar-refractivity contribution in [2.45, 2.75) is 26.4 Å². The van der Waals surface area contributed by atoms with E-state index in [1.54, 1.807) is 0 Å². The predicted molar refractivity (Wildman–Crippen MR) is 89.9 cm³/mol. The first-order valence-corrected chi connectivity index (χ1v) is 7.63. The number of nitrogens with one attached hydrogen (secondary N) is 1. The summed E-state index contributed by atoms with van der Waals surface area (Å²) in [6.07, 6.45) is 1.92. The Morgan fingerprint density at radius 3 is 2.62 bits per heavy atom. The summed E-state index contributed by atoms with van der Waals surface area (Å²) >= 11 is 6.21. The summed E-state index contributed by atoms with van der Waals surface area (Å²) in [6, 6.07) is 12.4. The monoisotopic (exact) mass is 303 g/mol. The average molecular weight is 304 g/mol. The topological polar surface area (TPSA) is 28.2 Å². The van der Waals surface area contributed by atoms with Gasteiger partial charge < -0.3 is 10.2 Å². The van der Waals surface area contributed by atoms with Gasteiger partial charge in [-0.2, -0.15) is 0 Å². The number of halogens is 1. The quantitative estimate of drug-likeness (QED) is 0.873. The van der Waals surface area contributed by atoms with Crippen LogP contribution in [0.2, 0.25) is 5.02 Å². The lowest BCUT2D eigenvalue weighted by Crippen LogP contribution is -2.20. The second kappa shape index (κ2) is 7.43. The second-order valence-electron chi connectivity index (χ2n) is 5.17. The highest BCUT2D eigenvalue weighted by molar-refractivity contribution is 6.31. The van der Waals surface area contributed by atoms with Crippen molar-refractivity contribution in [1.29, 1.82) is 0 Å². The van der Waals surface area contributed by atoms with Crippen LogP contribution in [-0.2, 0) is 6.54 Å². The maximum Gasteiger partial charge on any atom is 0.0572 e. The highest BCUT2D eigenvalue weighted by Gasteiger charge is 2.08. The van der Waals surface area contributed by atoms with E-state index < -0.39 is 0 Å². The number of anilines is 1.